The first-order valence-electron chi connectivity index (χ1n) is 9.49. The molecule has 0 radical (unpaired) electrons. The lowest BCUT2D eigenvalue weighted by atomic mass is 10.1. The Labute approximate surface area is 175 Å². The van der Waals surface area contributed by atoms with E-state index in [9.17, 15) is 9.59 Å². The molecule has 0 bridgehead atoms. The van der Waals surface area contributed by atoms with E-state index in [2.05, 4.69) is 10.6 Å². The molecular formula is C24H24N2O4. The topological polar surface area (TPSA) is 76.7 Å². The van der Waals surface area contributed by atoms with Crippen LogP contribution in [0.25, 0.3) is 0 Å². The Hall–Kier alpha value is -3.80. The van der Waals surface area contributed by atoms with E-state index < -0.39 is 0 Å². The van der Waals surface area contributed by atoms with E-state index in [4.69, 9.17) is 9.47 Å². The van der Waals surface area contributed by atoms with Crippen molar-refractivity contribution in [2.45, 2.75) is 13.8 Å². The van der Waals surface area contributed by atoms with Gasteiger partial charge in [0.25, 0.3) is 11.8 Å². The number of hydrogen-bond donors (Lipinski definition) is 2. The van der Waals surface area contributed by atoms with E-state index in [0.29, 0.717) is 22.7 Å². The molecule has 3 aromatic carbocycles. The van der Waals surface area contributed by atoms with Crippen molar-refractivity contribution in [3.8, 4) is 11.5 Å². The molecule has 2 amide bonds. The molecular weight excluding hydrogens is 380 g/mol. The SMILES string of the molecule is COc1ccc(NC(=O)c2ccc(NC(=O)COc3cc(C)cc(C)c3)cc2)cc1. The lowest BCUT2D eigenvalue weighted by molar-refractivity contribution is -0.118. The Morgan fingerprint density at radius 2 is 1.33 bits per heavy atom. The number of carbonyl (C=O) groups is 2. The third-order valence-corrected chi connectivity index (χ3v) is 4.34. The third kappa shape index (κ3) is 5.85. The second kappa shape index (κ2) is 9.60. The lowest BCUT2D eigenvalue weighted by Gasteiger charge is -2.10. The number of amides is 2. The fourth-order valence-electron chi connectivity index (χ4n) is 2.94. The molecule has 0 aromatic heterocycles. The highest BCUT2D eigenvalue weighted by atomic mass is 16.5. The van der Waals surface area contributed by atoms with Crippen LogP contribution in [0.1, 0.15) is 21.5 Å². The molecule has 0 aliphatic rings. The molecule has 0 aliphatic heterocycles. The summed E-state index contributed by atoms with van der Waals surface area (Å²) in [7, 11) is 1.59. The van der Waals surface area contributed by atoms with Crippen molar-refractivity contribution in [3.63, 3.8) is 0 Å². The minimum atomic E-state index is -0.274. The standard InChI is InChI=1S/C24H24N2O4/c1-16-12-17(2)14-22(13-16)30-15-23(27)25-19-6-4-18(5-7-19)24(28)26-20-8-10-21(29-3)11-9-20/h4-14H,15H2,1-3H3,(H,25,27)(H,26,28). The van der Waals surface area contributed by atoms with Crippen molar-refractivity contribution in [1.82, 2.24) is 0 Å². The molecule has 30 heavy (non-hydrogen) atoms. The molecule has 0 spiro atoms. The van der Waals surface area contributed by atoms with E-state index in [1.54, 1.807) is 55.6 Å². The van der Waals surface area contributed by atoms with Crippen LogP contribution in [0.5, 0.6) is 11.5 Å². The first-order valence-corrected chi connectivity index (χ1v) is 9.49. The summed E-state index contributed by atoms with van der Waals surface area (Å²) in [6, 6.07) is 19.5. The van der Waals surface area contributed by atoms with Crippen LogP contribution in [-0.2, 0) is 4.79 Å². The van der Waals surface area contributed by atoms with Gasteiger partial charge in [-0.25, -0.2) is 0 Å². The zero-order chi connectivity index (χ0) is 21.5. The first-order chi connectivity index (χ1) is 14.4. The number of benzene rings is 3. The predicted molar refractivity (Wildman–Crippen MR) is 117 cm³/mol. The lowest BCUT2D eigenvalue weighted by Crippen LogP contribution is -2.20. The van der Waals surface area contributed by atoms with E-state index in [1.165, 1.54) is 0 Å². The van der Waals surface area contributed by atoms with Gasteiger partial charge in [0, 0.05) is 16.9 Å². The molecule has 6 heteroatoms. The van der Waals surface area contributed by atoms with E-state index in [-0.39, 0.29) is 18.4 Å². The molecule has 0 saturated carbocycles. The summed E-state index contributed by atoms with van der Waals surface area (Å²) in [5.41, 5.74) is 3.89. The predicted octanol–water partition coefficient (Wildman–Crippen LogP) is 4.58. The average Bonchev–Trinajstić information content (AvgIpc) is 2.72. The molecule has 6 nitrogen and oxygen atoms in total. The van der Waals surface area contributed by atoms with Crippen LogP contribution >= 0.6 is 0 Å². The Morgan fingerprint density at radius 1 is 0.767 bits per heavy atom. The van der Waals surface area contributed by atoms with E-state index >= 15 is 0 Å². The highest BCUT2D eigenvalue weighted by molar-refractivity contribution is 6.04. The van der Waals surface area contributed by atoms with Crippen LogP contribution in [0.15, 0.2) is 66.7 Å². The summed E-state index contributed by atoms with van der Waals surface area (Å²) < 4.78 is 10.7. The molecule has 3 rings (SSSR count). The van der Waals surface area contributed by atoms with Gasteiger partial charge in [-0.05, 0) is 85.6 Å². The molecule has 154 valence electrons. The van der Waals surface area contributed by atoms with Crippen LogP contribution < -0.4 is 20.1 Å². The van der Waals surface area contributed by atoms with Gasteiger partial charge in [-0.1, -0.05) is 6.07 Å². The normalized spacial score (nSPS) is 10.2. The molecule has 0 unspecified atom stereocenters. The highest BCUT2D eigenvalue weighted by Gasteiger charge is 2.08. The molecule has 0 aliphatic carbocycles. The van der Waals surface area contributed by atoms with Gasteiger partial charge in [-0.3, -0.25) is 9.59 Å². The fourth-order valence-corrected chi connectivity index (χ4v) is 2.94. The van der Waals surface area contributed by atoms with Crippen molar-refractivity contribution in [2.75, 3.05) is 24.4 Å². The fraction of sp³-hybridized carbons (Fsp3) is 0.167. The van der Waals surface area contributed by atoms with Gasteiger partial charge < -0.3 is 20.1 Å². The number of carbonyl (C=O) groups excluding carboxylic acids is 2. The third-order valence-electron chi connectivity index (χ3n) is 4.34. The summed E-state index contributed by atoms with van der Waals surface area (Å²) in [6.45, 7) is 3.86. The molecule has 0 atom stereocenters. The molecule has 0 fully saturated rings. The number of ether oxygens (including phenoxy) is 2. The number of rotatable bonds is 7. The monoisotopic (exact) mass is 404 g/mol. The summed E-state index contributed by atoms with van der Waals surface area (Å²) in [5.74, 6) is 0.864. The Bertz CT molecular complexity index is 1010. The van der Waals surface area contributed by atoms with Crippen molar-refractivity contribution in [2.24, 2.45) is 0 Å². The van der Waals surface area contributed by atoms with Crippen LogP contribution in [0.3, 0.4) is 0 Å². The van der Waals surface area contributed by atoms with Gasteiger partial charge in [-0.15, -0.1) is 0 Å². The summed E-state index contributed by atoms with van der Waals surface area (Å²) in [5, 5.41) is 5.58. The van der Waals surface area contributed by atoms with Gasteiger partial charge >= 0.3 is 0 Å². The molecule has 0 saturated heterocycles. The Kier molecular flexibility index (Phi) is 6.70. The van der Waals surface area contributed by atoms with E-state index in [1.807, 2.05) is 32.0 Å². The smallest absolute Gasteiger partial charge is 0.262 e. The van der Waals surface area contributed by atoms with Crippen molar-refractivity contribution in [1.29, 1.82) is 0 Å². The average molecular weight is 404 g/mol. The van der Waals surface area contributed by atoms with Crippen molar-refractivity contribution in [3.05, 3.63) is 83.4 Å². The van der Waals surface area contributed by atoms with Gasteiger partial charge in [0.15, 0.2) is 6.61 Å². The summed E-state index contributed by atoms with van der Waals surface area (Å²) in [6.07, 6.45) is 0. The number of aryl methyl sites for hydroxylation is 2. The van der Waals surface area contributed by atoms with Gasteiger partial charge in [0.05, 0.1) is 7.11 Å². The largest absolute Gasteiger partial charge is 0.497 e. The van der Waals surface area contributed by atoms with Crippen molar-refractivity contribution >= 4 is 23.2 Å². The number of methoxy groups -OCH3 is 1. The molecule has 2 N–H and O–H groups in total. The minimum Gasteiger partial charge on any atom is -0.497 e. The highest BCUT2D eigenvalue weighted by Crippen LogP contribution is 2.18. The summed E-state index contributed by atoms with van der Waals surface area (Å²) in [4.78, 5) is 24.5. The Balaban J connectivity index is 1.52. The maximum Gasteiger partial charge on any atom is 0.262 e. The van der Waals surface area contributed by atoms with E-state index in [0.717, 1.165) is 16.9 Å². The van der Waals surface area contributed by atoms with Crippen molar-refractivity contribution < 1.29 is 19.1 Å². The quantitative estimate of drug-likeness (QED) is 0.604. The second-order valence-corrected chi connectivity index (χ2v) is 6.92. The maximum atomic E-state index is 12.4. The zero-order valence-electron chi connectivity index (χ0n) is 17.2. The first kappa shape index (κ1) is 20.9. The molecule has 0 heterocycles. The second-order valence-electron chi connectivity index (χ2n) is 6.92. The zero-order valence-corrected chi connectivity index (χ0v) is 17.2. The van der Waals surface area contributed by atoms with Gasteiger partial charge in [0.1, 0.15) is 11.5 Å². The van der Waals surface area contributed by atoms with Crippen LogP contribution in [-0.4, -0.2) is 25.5 Å². The Morgan fingerprint density at radius 3 is 1.93 bits per heavy atom. The number of nitrogens with one attached hydrogen (secondary N) is 2. The van der Waals surface area contributed by atoms with Gasteiger partial charge in [-0.2, -0.15) is 0 Å². The van der Waals surface area contributed by atoms with Crippen LogP contribution in [0.4, 0.5) is 11.4 Å². The number of hydrogen-bond acceptors (Lipinski definition) is 4. The van der Waals surface area contributed by atoms with Gasteiger partial charge in [0.2, 0.25) is 0 Å². The summed E-state index contributed by atoms with van der Waals surface area (Å²) >= 11 is 0. The number of anilines is 2. The maximum absolute atomic E-state index is 12.4. The minimum absolute atomic E-state index is 0.0946. The van der Waals surface area contributed by atoms with Crippen LogP contribution in [0.2, 0.25) is 0 Å². The molecule has 3 aromatic rings. The van der Waals surface area contributed by atoms with Crippen LogP contribution in [0, 0.1) is 13.8 Å².